The normalized spacial score (nSPS) is 13.1. The second-order valence-electron chi connectivity index (χ2n) is 6.40. The Balaban J connectivity index is 0.000000468. The quantitative estimate of drug-likeness (QED) is 0.567. The first-order valence-corrected chi connectivity index (χ1v) is 9.51. The summed E-state index contributed by atoms with van der Waals surface area (Å²) in [6, 6.07) is 20.7. The number of benzene rings is 3. The number of hydrogen-bond donors (Lipinski definition) is 0. The third-order valence-electron chi connectivity index (χ3n) is 4.23. The van der Waals surface area contributed by atoms with E-state index in [0.29, 0.717) is 22.5 Å². The van der Waals surface area contributed by atoms with E-state index in [1.807, 2.05) is 12.1 Å². The topological polar surface area (TPSA) is 80.1 Å². The maximum absolute atomic E-state index is 11.7. The van der Waals surface area contributed by atoms with E-state index in [-0.39, 0.29) is 28.3 Å². The smallest absolute Gasteiger partial charge is 0.872 e. The van der Waals surface area contributed by atoms with Crippen molar-refractivity contribution in [2.24, 2.45) is 9.98 Å². The maximum atomic E-state index is 11.7. The van der Waals surface area contributed by atoms with Crippen LogP contribution in [-0.2, 0) is 21.5 Å². The first kappa shape index (κ1) is 23.3. The van der Waals surface area contributed by atoms with Crippen LogP contribution in [0.4, 0.5) is 11.4 Å². The number of ether oxygens (including phenoxy) is 1. The van der Waals surface area contributed by atoms with Gasteiger partial charge in [-0.2, -0.15) is 0 Å². The van der Waals surface area contributed by atoms with Gasteiger partial charge in [-0.15, -0.1) is 11.5 Å². The first-order valence-electron chi connectivity index (χ1n) is 9.51. The monoisotopic (exact) mass is 445 g/mol. The summed E-state index contributed by atoms with van der Waals surface area (Å²) in [5.41, 5.74) is 2.28. The minimum atomic E-state index is -0.0810. The summed E-state index contributed by atoms with van der Waals surface area (Å²) in [5, 5.41) is 23.4. The Labute approximate surface area is 187 Å². The van der Waals surface area contributed by atoms with Gasteiger partial charge >= 0.3 is 16.8 Å². The fourth-order valence-corrected chi connectivity index (χ4v) is 2.65. The van der Waals surface area contributed by atoms with Gasteiger partial charge in [0.1, 0.15) is 0 Å². The van der Waals surface area contributed by atoms with Crippen molar-refractivity contribution in [1.82, 2.24) is 0 Å². The second kappa shape index (κ2) is 12.6. The number of nitrogens with zero attached hydrogens (tertiary/aromatic N) is 2. The average molecular weight is 445 g/mol. The van der Waals surface area contributed by atoms with E-state index in [9.17, 15) is 10.2 Å². The van der Waals surface area contributed by atoms with Crippen LogP contribution in [0.1, 0.15) is 24.0 Å². The Morgan fingerprint density at radius 3 is 1.40 bits per heavy atom. The average Bonchev–Trinajstić information content (AvgIpc) is 3.34. The van der Waals surface area contributed by atoms with Gasteiger partial charge in [0.15, 0.2) is 0 Å². The van der Waals surface area contributed by atoms with E-state index in [2.05, 4.69) is 9.98 Å². The van der Waals surface area contributed by atoms with Gasteiger partial charge in [0.25, 0.3) is 0 Å². The minimum Gasteiger partial charge on any atom is -0.872 e. The van der Waals surface area contributed by atoms with Crippen molar-refractivity contribution in [2.75, 3.05) is 13.2 Å². The molecule has 0 unspecified atom stereocenters. The van der Waals surface area contributed by atoms with Crippen molar-refractivity contribution in [1.29, 1.82) is 0 Å². The Bertz CT molecular complexity index is 903. The fourth-order valence-electron chi connectivity index (χ4n) is 2.65. The van der Waals surface area contributed by atoms with Gasteiger partial charge in [0.2, 0.25) is 0 Å². The molecule has 0 aromatic heterocycles. The Hall–Kier alpha value is -2.93. The van der Waals surface area contributed by atoms with E-state index in [4.69, 9.17) is 4.74 Å². The summed E-state index contributed by atoms with van der Waals surface area (Å²) in [6.45, 7) is 2.00. The molecule has 3 aromatic carbocycles. The molecule has 1 heterocycles. The van der Waals surface area contributed by atoms with Gasteiger partial charge in [0, 0.05) is 25.6 Å². The molecule has 5 nitrogen and oxygen atoms in total. The van der Waals surface area contributed by atoms with Crippen molar-refractivity contribution in [2.45, 2.75) is 12.8 Å². The van der Waals surface area contributed by atoms with E-state index in [1.54, 1.807) is 48.5 Å². The van der Waals surface area contributed by atoms with E-state index >= 15 is 0 Å². The molecule has 0 bridgehead atoms. The third-order valence-corrected chi connectivity index (χ3v) is 4.23. The van der Waals surface area contributed by atoms with Gasteiger partial charge in [-0.05, 0) is 36.1 Å². The molecule has 0 amide bonds. The number of para-hydroxylation sites is 4. The molecule has 1 aliphatic rings. The molecule has 0 atom stereocenters. The second-order valence-corrected chi connectivity index (χ2v) is 6.40. The predicted octanol–water partition coefficient (Wildman–Crippen LogP) is 4.13. The maximum Gasteiger partial charge on any atom is 2.00 e. The Morgan fingerprint density at radius 1 is 0.633 bits per heavy atom. The zero-order valence-corrected chi connectivity index (χ0v) is 17.4. The summed E-state index contributed by atoms with van der Waals surface area (Å²) in [7, 11) is 0. The van der Waals surface area contributed by atoms with Crippen molar-refractivity contribution in [3.8, 4) is 11.5 Å². The van der Waals surface area contributed by atoms with Crippen LogP contribution in [0.3, 0.4) is 0 Å². The molecular weight excluding hydrogens is 423 g/mol. The zero-order valence-electron chi connectivity index (χ0n) is 16.4. The van der Waals surface area contributed by atoms with E-state index < -0.39 is 0 Å². The van der Waals surface area contributed by atoms with Crippen LogP contribution in [0.15, 0.2) is 82.8 Å². The SMILES string of the molecule is C1CCOC1.[Co+2].[O-]c1ccccc1C=Nc1ccccc1N=Cc1ccccc1[O-]. The van der Waals surface area contributed by atoms with Crippen LogP contribution in [-0.4, -0.2) is 25.6 Å². The van der Waals surface area contributed by atoms with Gasteiger partial charge in [-0.3, -0.25) is 9.98 Å². The van der Waals surface area contributed by atoms with Crippen molar-refractivity contribution in [3.05, 3.63) is 83.9 Å². The standard InChI is InChI=1S/C20H16N2O2.C4H8O.Co/c23-19-11-5-1-7-15(19)13-21-17-9-3-4-10-18(17)22-14-16-8-2-6-12-20(16)24;1-2-4-5-3-1;/h1-14,23-24H;1-4H2;/q;;+2/p-2. The van der Waals surface area contributed by atoms with Crippen LogP contribution >= 0.6 is 0 Å². The molecular formula is C24H22CoN2O3. The molecule has 0 aliphatic carbocycles. The van der Waals surface area contributed by atoms with Crippen LogP contribution < -0.4 is 10.2 Å². The third kappa shape index (κ3) is 7.15. The molecule has 1 radical (unpaired) electrons. The summed E-state index contributed by atoms with van der Waals surface area (Å²) >= 11 is 0. The Kier molecular flexibility index (Phi) is 9.80. The van der Waals surface area contributed by atoms with Gasteiger partial charge < -0.3 is 14.9 Å². The summed E-state index contributed by atoms with van der Waals surface area (Å²) in [6.07, 6.45) is 5.61. The molecule has 0 saturated carbocycles. The molecule has 0 N–H and O–H groups in total. The van der Waals surface area contributed by atoms with Crippen molar-refractivity contribution < 1.29 is 31.7 Å². The Morgan fingerprint density at radius 2 is 1.03 bits per heavy atom. The minimum absolute atomic E-state index is 0. The van der Waals surface area contributed by atoms with Crippen LogP contribution in [0, 0.1) is 0 Å². The van der Waals surface area contributed by atoms with Gasteiger partial charge in [0.05, 0.1) is 11.4 Å². The molecule has 4 rings (SSSR count). The molecule has 1 fully saturated rings. The summed E-state index contributed by atoms with van der Waals surface area (Å²) < 4.78 is 4.94. The molecule has 1 saturated heterocycles. The van der Waals surface area contributed by atoms with Crippen molar-refractivity contribution >= 4 is 23.8 Å². The van der Waals surface area contributed by atoms with Gasteiger partial charge in [-0.1, -0.05) is 60.7 Å². The number of rotatable bonds is 4. The molecule has 30 heavy (non-hydrogen) atoms. The summed E-state index contributed by atoms with van der Waals surface area (Å²) in [5.74, 6) is -0.162. The van der Waals surface area contributed by atoms with Crippen LogP contribution in [0.5, 0.6) is 11.5 Å². The first-order chi connectivity index (χ1) is 14.2. The van der Waals surface area contributed by atoms with Gasteiger partial charge in [-0.25, -0.2) is 0 Å². The molecule has 0 spiro atoms. The largest absolute Gasteiger partial charge is 2.00 e. The molecule has 1 aliphatic heterocycles. The van der Waals surface area contributed by atoms with Crippen LogP contribution in [0.2, 0.25) is 0 Å². The number of aliphatic imine (C=N–C) groups is 2. The van der Waals surface area contributed by atoms with E-state index in [1.165, 1.54) is 37.4 Å². The van der Waals surface area contributed by atoms with Crippen LogP contribution in [0.25, 0.3) is 0 Å². The number of hydrogen-bond acceptors (Lipinski definition) is 5. The summed E-state index contributed by atoms with van der Waals surface area (Å²) in [4.78, 5) is 8.71. The van der Waals surface area contributed by atoms with E-state index in [0.717, 1.165) is 13.2 Å². The zero-order chi connectivity index (χ0) is 20.3. The molecule has 3 aromatic rings. The predicted molar refractivity (Wildman–Crippen MR) is 113 cm³/mol. The van der Waals surface area contributed by atoms with Crippen molar-refractivity contribution in [3.63, 3.8) is 0 Å². The fraction of sp³-hybridized carbons (Fsp3) is 0.167. The molecule has 155 valence electrons. The molecule has 6 heteroatoms.